The van der Waals surface area contributed by atoms with Gasteiger partial charge < -0.3 is 4.74 Å². The highest BCUT2D eigenvalue weighted by molar-refractivity contribution is 7.87. The van der Waals surface area contributed by atoms with Crippen molar-refractivity contribution >= 4 is 10.2 Å². The molecule has 5 nitrogen and oxygen atoms in total. The average molecular weight is 352 g/mol. The summed E-state index contributed by atoms with van der Waals surface area (Å²) in [6.45, 7) is 0.581. The topological polar surface area (TPSA) is 58.6 Å². The van der Waals surface area contributed by atoms with Crippen LogP contribution in [0.1, 0.15) is 17.5 Å². The van der Waals surface area contributed by atoms with E-state index in [0.29, 0.717) is 18.6 Å². The molecule has 0 aliphatic carbocycles. The van der Waals surface area contributed by atoms with Crippen LogP contribution in [-0.2, 0) is 27.5 Å². The predicted molar refractivity (Wildman–Crippen MR) is 79.1 cm³/mol. The third-order valence-electron chi connectivity index (χ3n) is 3.75. The van der Waals surface area contributed by atoms with Crippen LogP contribution in [0.3, 0.4) is 0 Å². The summed E-state index contributed by atoms with van der Waals surface area (Å²) in [5.74, 6) is 0. The smallest absolute Gasteiger partial charge is 0.379 e. The van der Waals surface area contributed by atoms with Crippen LogP contribution >= 0.6 is 0 Å². The van der Waals surface area contributed by atoms with E-state index in [1.807, 2.05) is 0 Å². The molecule has 9 heteroatoms. The van der Waals surface area contributed by atoms with Gasteiger partial charge in [-0.2, -0.15) is 30.6 Å². The number of benzene rings is 1. The molecule has 0 bridgehead atoms. The number of halogens is 3. The molecular formula is C14H19F3N2O3S. The number of nitrogens with zero attached hydrogens (tertiary/aromatic N) is 1. The molecule has 1 aliphatic heterocycles. The van der Waals surface area contributed by atoms with Gasteiger partial charge in [-0.15, -0.1) is 0 Å². The summed E-state index contributed by atoms with van der Waals surface area (Å²) in [5, 5.41) is 0. The number of hydrogen-bond donors (Lipinski definition) is 1. The summed E-state index contributed by atoms with van der Waals surface area (Å²) < 4.78 is 70.9. The van der Waals surface area contributed by atoms with E-state index in [-0.39, 0.29) is 13.0 Å². The Bertz CT molecular complexity index is 636. The Morgan fingerprint density at radius 1 is 1.26 bits per heavy atom. The summed E-state index contributed by atoms with van der Waals surface area (Å²) in [7, 11) is -0.855. The van der Waals surface area contributed by atoms with Gasteiger partial charge in [-0.3, -0.25) is 0 Å². The SMILES string of the molecule is CN(C)S(=O)(=O)NC1(Cc2ccc(C(F)(F)F)cc2)CCOC1. The van der Waals surface area contributed by atoms with Crippen LogP contribution in [-0.4, -0.2) is 45.6 Å². The maximum absolute atomic E-state index is 12.6. The summed E-state index contributed by atoms with van der Waals surface area (Å²) in [5.41, 5.74) is -0.958. The van der Waals surface area contributed by atoms with Crippen molar-refractivity contribution < 1.29 is 26.3 Å². The Balaban J connectivity index is 2.20. The number of rotatable bonds is 5. The van der Waals surface area contributed by atoms with Gasteiger partial charge in [-0.25, -0.2) is 0 Å². The van der Waals surface area contributed by atoms with Gasteiger partial charge in [0.1, 0.15) is 0 Å². The van der Waals surface area contributed by atoms with E-state index in [1.54, 1.807) is 0 Å². The lowest BCUT2D eigenvalue weighted by atomic mass is 9.91. The lowest BCUT2D eigenvalue weighted by Crippen LogP contribution is -2.53. The van der Waals surface area contributed by atoms with E-state index >= 15 is 0 Å². The minimum Gasteiger partial charge on any atom is -0.379 e. The van der Waals surface area contributed by atoms with E-state index < -0.39 is 27.5 Å². The molecule has 23 heavy (non-hydrogen) atoms. The van der Waals surface area contributed by atoms with Crippen molar-refractivity contribution in [2.75, 3.05) is 27.3 Å². The largest absolute Gasteiger partial charge is 0.416 e. The monoisotopic (exact) mass is 352 g/mol. The number of alkyl halides is 3. The fraction of sp³-hybridized carbons (Fsp3) is 0.571. The molecule has 1 fully saturated rings. The van der Waals surface area contributed by atoms with Crippen molar-refractivity contribution in [1.29, 1.82) is 0 Å². The molecule has 0 spiro atoms. The summed E-state index contributed by atoms with van der Waals surface area (Å²) in [6.07, 6.45) is -3.67. The third-order valence-corrected chi connectivity index (χ3v) is 5.41. The Hall–Kier alpha value is -1.16. The molecule has 1 N–H and O–H groups in total. The average Bonchev–Trinajstić information content (AvgIpc) is 2.85. The van der Waals surface area contributed by atoms with Gasteiger partial charge in [0.2, 0.25) is 0 Å². The third kappa shape index (κ3) is 4.43. The van der Waals surface area contributed by atoms with Crippen molar-refractivity contribution in [3.8, 4) is 0 Å². The van der Waals surface area contributed by atoms with Gasteiger partial charge in [0.25, 0.3) is 10.2 Å². The molecule has 1 atom stereocenters. The van der Waals surface area contributed by atoms with E-state index in [2.05, 4.69) is 4.72 Å². The highest BCUT2D eigenvalue weighted by atomic mass is 32.2. The van der Waals surface area contributed by atoms with Crippen molar-refractivity contribution in [3.05, 3.63) is 35.4 Å². The lowest BCUT2D eigenvalue weighted by Gasteiger charge is -2.30. The molecule has 1 aromatic rings. The van der Waals surface area contributed by atoms with Gasteiger partial charge in [-0.05, 0) is 30.5 Å². The molecule has 0 amide bonds. The minimum absolute atomic E-state index is 0.182. The maximum atomic E-state index is 12.6. The first-order chi connectivity index (χ1) is 10.5. The molecule has 1 heterocycles. The second-order valence-electron chi connectivity index (χ2n) is 5.84. The summed E-state index contributed by atoms with van der Waals surface area (Å²) >= 11 is 0. The molecule has 0 saturated carbocycles. The summed E-state index contributed by atoms with van der Waals surface area (Å²) in [6, 6.07) is 4.73. The van der Waals surface area contributed by atoms with Gasteiger partial charge >= 0.3 is 6.18 Å². The first-order valence-electron chi connectivity index (χ1n) is 6.99. The van der Waals surface area contributed by atoms with Crippen molar-refractivity contribution in [2.24, 2.45) is 0 Å². The molecule has 130 valence electrons. The second kappa shape index (κ2) is 6.39. The minimum atomic E-state index is -4.39. The number of ether oxygens (including phenoxy) is 1. The van der Waals surface area contributed by atoms with E-state index in [4.69, 9.17) is 4.74 Å². The van der Waals surface area contributed by atoms with Crippen molar-refractivity contribution in [2.45, 2.75) is 24.6 Å². The zero-order valence-electron chi connectivity index (χ0n) is 12.9. The van der Waals surface area contributed by atoms with Gasteiger partial charge in [0, 0.05) is 20.7 Å². The van der Waals surface area contributed by atoms with Crippen LogP contribution in [0.25, 0.3) is 0 Å². The number of hydrogen-bond acceptors (Lipinski definition) is 3. The second-order valence-corrected chi connectivity index (χ2v) is 7.73. The van der Waals surface area contributed by atoms with Crippen LogP contribution in [0.4, 0.5) is 13.2 Å². The zero-order valence-corrected chi connectivity index (χ0v) is 13.7. The normalized spacial score (nSPS) is 22.7. The van der Waals surface area contributed by atoms with Gasteiger partial charge in [0.15, 0.2) is 0 Å². The molecule has 1 saturated heterocycles. The molecule has 1 unspecified atom stereocenters. The molecule has 1 aliphatic rings. The Morgan fingerprint density at radius 3 is 2.30 bits per heavy atom. The van der Waals surface area contributed by atoms with Crippen LogP contribution in [0.5, 0.6) is 0 Å². The molecular weight excluding hydrogens is 333 g/mol. The first-order valence-corrected chi connectivity index (χ1v) is 8.43. The first kappa shape index (κ1) is 18.2. The highest BCUT2D eigenvalue weighted by Gasteiger charge is 2.39. The van der Waals surface area contributed by atoms with Crippen LogP contribution in [0.15, 0.2) is 24.3 Å². The van der Waals surface area contributed by atoms with E-state index in [9.17, 15) is 21.6 Å². The van der Waals surface area contributed by atoms with Gasteiger partial charge in [-0.1, -0.05) is 12.1 Å². The number of nitrogens with one attached hydrogen (secondary N) is 1. The fourth-order valence-corrected chi connectivity index (χ4v) is 3.39. The zero-order chi connectivity index (χ0) is 17.3. The quantitative estimate of drug-likeness (QED) is 0.879. The van der Waals surface area contributed by atoms with E-state index in [1.165, 1.54) is 26.2 Å². The summed E-state index contributed by atoms with van der Waals surface area (Å²) in [4.78, 5) is 0. The standard InChI is InChI=1S/C14H19F3N2O3S/c1-19(2)23(20,21)18-13(7-8-22-10-13)9-11-3-5-12(6-4-11)14(15,16)17/h3-6,18H,7-10H2,1-2H3. The van der Waals surface area contributed by atoms with Crippen molar-refractivity contribution in [3.63, 3.8) is 0 Å². The van der Waals surface area contributed by atoms with Crippen LogP contribution in [0, 0.1) is 0 Å². The Labute approximate surface area is 133 Å². The molecule has 0 aromatic heterocycles. The Morgan fingerprint density at radius 2 is 1.87 bits per heavy atom. The van der Waals surface area contributed by atoms with Crippen molar-refractivity contribution in [1.82, 2.24) is 9.03 Å². The molecule has 0 radical (unpaired) electrons. The molecule has 1 aromatic carbocycles. The van der Waals surface area contributed by atoms with Crippen LogP contribution < -0.4 is 4.72 Å². The van der Waals surface area contributed by atoms with Gasteiger partial charge in [0.05, 0.1) is 17.7 Å². The maximum Gasteiger partial charge on any atom is 0.416 e. The van der Waals surface area contributed by atoms with E-state index in [0.717, 1.165) is 16.4 Å². The predicted octanol–water partition coefficient (Wildman–Crippen LogP) is 1.80. The molecule has 2 rings (SSSR count). The highest BCUT2D eigenvalue weighted by Crippen LogP contribution is 2.30. The lowest BCUT2D eigenvalue weighted by molar-refractivity contribution is -0.137. The fourth-order valence-electron chi connectivity index (χ4n) is 2.43. The Kier molecular flexibility index (Phi) is 5.05. The van der Waals surface area contributed by atoms with Crippen LogP contribution in [0.2, 0.25) is 0 Å².